The van der Waals surface area contributed by atoms with Gasteiger partial charge in [0.2, 0.25) is 0 Å². The Labute approximate surface area is 206 Å². The third-order valence-electron chi connectivity index (χ3n) is 3.94. The van der Waals surface area contributed by atoms with Crippen molar-refractivity contribution >= 4 is 35.5 Å². The van der Waals surface area contributed by atoms with Gasteiger partial charge in [0.25, 0.3) is 0 Å². The van der Waals surface area contributed by atoms with Gasteiger partial charge >= 0.3 is 23.9 Å². The Bertz CT molecular complexity index is 838. The van der Waals surface area contributed by atoms with Gasteiger partial charge in [-0.05, 0) is 25.1 Å². The minimum absolute atomic E-state index is 0.128. The minimum Gasteiger partial charge on any atom is -0.494 e. The number of ether oxygens (including phenoxy) is 2. The van der Waals surface area contributed by atoms with Crippen LogP contribution in [-0.2, 0) is 30.5 Å². The van der Waals surface area contributed by atoms with Crippen molar-refractivity contribution < 1.29 is 49.1 Å². The SMILES string of the molecule is CCOc1ccc(Cl)cc1CN1CCOC(CN)C1.O=C(O)/C=C/C(=O)O.O=C(O)/C=C/C(=O)O. The Kier molecular flexibility index (Phi) is 16.2. The summed E-state index contributed by atoms with van der Waals surface area (Å²) in [4.78, 5) is 40.5. The van der Waals surface area contributed by atoms with Crippen LogP contribution in [0.2, 0.25) is 5.02 Å². The molecule has 1 aliphatic rings. The number of benzene rings is 1. The second-order valence-corrected chi connectivity index (χ2v) is 7.10. The van der Waals surface area contributed by atoms with Crippen molar-refractivity contribution in [2.75, 3.05) is 32.8 Å². The first kappa shape index (κ1) is 31.6. The fraction of sp³-hybridized carbons (Fsp3) is 0.364. The highest BCUT2D eigenvalue weighted by atomic mass is 35.5. The average Bonchev–Trinajstić information content (AvgIpc) is 2.79. The number of rotatable bonds is 9. The summed E-state index contributed by atoms with van der Waals surface area (Å²) in [5.74, 6) is -4.12. The molecule has 1 aromatic carbocycles. The summed E-state index contributed by atoms with van der Waals surface area (Å²) >= 11 is 6.07. The normalized spacial score (nSPS) is 15.5. The van der Waals surface area contributed by atoms with Crippen LogP contribution in [0.15, 0.2) is 42.5 Å². The number of nitrogens with two attached hydrogens (primary N) is 1. The molecule has 0 saturated carbocycles. The molecule has 1 fully saturated rings. The standard InChI is InChI=1S/C14H21ClN2O2.2C4H4O4/c1-2-18-14-4-3-12(15)7-11(14)9-17-5-6-19-13(8-16)10-17;2*5-3(6)1-2-4(7)8/h3-4,7,13H,2,5-6,8-10,16H2,1H3;2*1-2H,(H,5,6)(H,7,8)/b;2*2-1+. The Hall–Kier alpha value is -3.45. The lowest BCUT2D eigenvalue weighted by Gasteiger charge is -2.32. The molecule has 194 valence electrons. The number of carboxylic acid groups (broad SMARTS) is 4. The van der Waals surface area contributed by atoms with Crippen molar-refractivity contribution in [1.82, 2.24) is 4.90 Å². The highest BCUT2D eigenvalue weighted by Gasteiger charge is 2.20. The van der Waals surface area contributed by atoms with E-state index in [1.54, 1.807) is 0 Å². The Morgan fingerprint density at radius 3 is 2.00 bits per heavy atom. The summed E-state index contributed by atoms with van der Waals surface area (Å²) < 4.78 is 11.2. The maximum atomic E-state index is 9.55. The quantitative estimate of drug-likeness (QED) is 0.295. The van der Waals surface area contributed by atoms with E-state index in [2.05, 4.69) is 4.90 Å². The number of carboxylic acids is 4. The first-order chi connectivity index (χ1) is 16.5. The van der Waals surface area contributed by atoms with Crippen LogP contribution in [0.5, 0.6) is 5.75 Å². The van der Waals surface area contributed by atoms with Gasteiger partial charge in [-0.1, -0.05) is 11.6 Å². The van der Waals surface area contributed by atoms with Gasteiger partial charge in [-0.25, -0.2) is 19.2 Å². The van der Waals surface area contributed by atoms with Gasteiger partial charge in [0, 0.05) is 61.1 Å². The lowest BCUT2D eigenvalue weighted by Crippen LogP contribution is -2.45. The molecule has 6 N–H and O–H groups in total. The summed E-state index contributed by atoms with van der Waals surface area (Å²) in [7, 11) is 0. The number of aliphatic carboxylic acids is 4. The largest absolute Gasteiger partial charge is 0.494 e. The van der Waals surface area contributed by atoms with Crippen LogP contribution in [0.4, 0.5) is 0 Å². The van der Waals surface area contributed by atoms with Gasteiger partial charge < -0.3 is 35.6 Å². The highest BCUT2D eigenvalue weighted by molar-refractivity contribution is 6.30. The molecule has 12 nitrogen and oxygen atoms in total. The van der Waals surface area contributed by atoms with Crippen LogP contribution in [0.25, 0.3) is 0 Å². The molecule has 1 heterocycles. The fourth-order valence-electron chi connectivity index (χ4n) is 2.56. The topological polar surface area (TPSA) is 197 Å². The zero-order valence-electron chi connectivity index (χ0n) is 19.0. The monoisotopic (exact) mass is 516 g/mol. The molecule has 1 unspecified atom stereocenters. The Balaban J connectivity index is 0.000000601. The molecule has 1 aromatic rings. The average molecular weight is 517 g/mol. The minimum atomic E-state index is -1.26. The summed E-state index contributed by atoms with van der Waals surface area (Å²) in [6, 6.07) is 5.76. The van der Waals surface area contributed by atoms with E-state index < -0.39 is 23.9 Å². The first-order valence-corrected chi connectivity index (χ1v) is 10.6. The fourth-order valence-corrected chi connectivity index (χ4v) is 2.76. The highest BCUT2D eigenvalue weighted by Crippen LogP contribution is 2.25. The predicted octanol–water partition coefficient (Wildman–Crippen LogP) is 1.32. The van der Waals surface area contributed by atoms with Gasteiger partial charge in [-0.3, -0.25) is 4.90 Å². The van der Waals surface area contributed by atoms with E-state index in [1.807, 2.05) is 25.1 Å². The van der Waals surface area contributed by atoms with Crippen molar-refractivity contribution in [3.05, 3.63) is 53.1 Å². The molecule has 0 spiro atoms. The molecule has 35 heavy (non-hydrogen) atoms. The number of halogens is 1. The van der Waals surface area contributed by atoms with Crippen LogP contribution >= 0.6 is 11.6 Å². The van der Waals surface area contributed by atoms with Crippen molar-refractivity contribution in [3.8, 4) is 5.75 Å². The van der Waals surface area contributed by atoms with E-state index in [4.69, 9.17) is 47.2 Å². The van der Waals surface area contributed by atoms with Crippen molar-refractivity contribution in [2.24, 2.45) is 5.73 Å². The molecular weight excluding hydrogens is 488 g/mol. The zero-order valence-corrected chi connectivity index (χ0v) is 19.8. The number of carbonyl (C=O) groups is 4. The molecule has 0 radical (unpaired) electrons. The van der Waals surface area contributed by atoms with Crippen LogP contribution in [0.3, 0.4) is 0 Å². The Morgan fingerprint density at radius 2 is 1.57 bits per heavy atom. The molecule has 1 atom stereocenters. The summed E-state index contributed by atoms with van der Waals surface area (Å²) in [5, 5.41) is 32.0. The molecule has 0 bridgehead atoms. The van der Waals surface area contributed by atoms with E-state index in [1.165, 1.54) is 0 Å². The number of morpholine rings is 1. The van der Waals surface area contributed by atoms with Gasteiger partial charge in [-0.15, -0.1) is 0 Å². The molecule has 0 aliphatic carbocycles. The van der Waals surface area contributed by atoms with E-state index in [-0.39, 0.29) is 6.10 Å². The van der Waals surface area contributed by atoms with Crippen molar-refractivity contribution in [3.63, 3.8) is 0 Å². The van der Waals surface area contributed by atoms with Crippen LogP contribution < -0.4 is 10.5 Å². The van der Waals surface area contributed by atoms with Crippen molar-refractivity contribution in [2.45, 2.75) is 19.6 Å². The lowest BCUT2D eigenvalue weighted by atomic mass is 10.1. The summed E-state index contributed by atoms with van der Waals surface area (Å²) in [6.45, 7) is 6.51. The predicted molar refractivity (Wildman–Crippen MR) is 126 cm³/mol. The molecule has 2 rings (SSSR count). The maximum absolute atomic E-state index is 9.55. The second-order valence-electron chi connectivity index (χ2n) is 6.67. The molecule has 1 saturated heterocycles. The number of hydrogen-bond acceptors (Lipinski definition) is 8. The smallest absolute Gasteiger partial charge is 0.328 e. The summed E-state index contributed by atoms with van der Waals surface area (Å²) in [6.07, 6.45) is 2.36. The second kappa shape index (κ2) is 18.0. The summed E-state index contributed by atoms with van der Waals surface area (Å²) in [5.41, 5.74) is 6.78. The molecule has 13 heteroatoms. The molecule has 0 amide bonds. The Morgan fingerprint density at radius 1 is 1.06 bits per heavy atom. The van der Waals surface area contributed by atoms with Gasteiger partial charge in [-0.2, -0.15) is 0 Å². The van der Waals surface area contributed by atoms with E-state index in [0.717, 1.165) is 42.6 Å². The van der Waals surface area contributed by atoms with Crippen LogP contribution in [0, 0.1) is 0 Å². The van der Waals surface area contributed by atoms with Crippen LogP contribution in [0.1, 0.15) is 12.5 Å². The first-order valence-electron chi connectivity index (χ1n) is 10.2. The molecule has 0 aromatic heterocycles. The third kappa shape index (κ3) is 16.8. The zero-order chi connectivity index (χ0) is 26.8. The molecule has 1 aliphatic heterocycles. The van der Waals surface area contributed by atoms with E-state index >= 15 is 0 Å². The van der Waals surface area contributed by atoms with Gasteiger partial charge in [0.05, 0.1) is 19.3 Å². The van der Waals surface area contributed by atoms with Gasteiger partial charge in [0.15, 0.2) is 0 Å². The third-order valence-corrected chi connectivity index (χ3v) is 4.17. The maximum Gasteiger partial charge on any atom is 0.328 e. The van der Waals surface area contributed by atoms with E-state index in [0.29, 0.717) is 37.5 Å². The van der Waals surface area contributed by atoms with Crippen molar-refractivity contribution in [1.29, 1.82) is 0 Å². The van der Waals surface area contributed by atoms with Crippen LogP contribution in [-0.4, -0.2) is 88.2 Å². The molecular formula is C22H29ClN2O10. The number of nitrogens with zero attached hydrogens (tertiary/aromatic N) is 1. The van der Waals surface area contributed by atoms with Gasteiger partial charge in [0.1, 0.15) is 5.75 Å². The lowest BCUT2D eigenvalue weighted by molar-refractivity contribution is -0.134. The van der Waals surface area contributed by atoms with E-state index in [9.17, 15) is 19.2 Å². The number of hydrogen-bond donors (Lipinski definition) is 5.